The van der Waals surface area contributed by atoms with Gasteiger partial charge in [-0.2, -0.15) is 5.26 Å². The molecule has 0 bridgehead atoms. The van der Waals surface area contributed by atoms with Crippen LogP contribution in [0.25, 0.3) is 0 Å². The summed E-state index contributed by atoms with van der Waals surface area (Å²) in [6.07, 6.45) is 0. The van der Waals surface area contributed by atoms with Crippen LogP contribution in [0.1, 0.15) is 29.7 Å². The highest BCUT2D eigenvalue weighted by atomic mass is 79.9. The maximum absolute atomic E-state index is 8.96. The molecule has 3 rings (SSSR count). The van der Waals surface area contributed by atoms with Crippen LogP contribution in [0, 0.1) is 11.3 Å². The smallest absolute Gasteiger partial charge is 0.162 e. The van der Waals surface area contributed by atoms with Crippen LogP contribution < -0.4 is 14.8 Å². The summed E-state index contributed by atoms with van der Waals surface area (Å²) in [6, 6.07) is 13.9. The van der Waals surface area contributed by atoms with Gasteiger partial charge < -0.3 is 14.8 Å². The normalized spacial score (nSPS) is 14.1. The summed E-state index contributed by atoms with van der Waals surface area (Å²) in [4.78, 5) is 0. The van der Waals surface area contributed by atoms with E-state index in [1.807, 2.05) is 36.4 Å². The van der Waals surface area contributed by atoms with E-state index in [1.54, 1.807) is 0 Å². The van der Waals surface area contributed by atoms with Crippen molar-refractivity contribution in [1.82, 2.24) is 5.32 Å². The molecule has 2 aromatic carbocycles. The molecule has 1 unspecified atom stereocenters. The van der Waals surface area contributed by atoms with Gasteiger partial charge in [0.2, 0.25) is 0 Å². The molecule has 4 nitrogen and oxygen atoms in total. The summed E-state index contributed by atoms with van der Waals surface area (Å²) in [6.45, 7) is 3.96. The van der Waals surface area contributed by atoms with E-state index in [2.05, 4.69) is 34.2 Å². The van der Waals surface area contributed by atoms with E-state index in [4.69, 9.17) is 14.7 Å². The Kier molecular flexibility index (Phi) is 4.85. The van der Waals surface area contributed by atoms with Crippen molar-refractivity contribution >= 4 is 15.9 Å². The van der Waals surface area contributed by atoms with Crippen molar-refractivity contribution in [2.75, 3.05) is 13.2 Å². The Hall–Kier alpha value is -2.03. The highest BCUT2D eigenvalue weighted by Crippen LogP contribution is 2.37. The number of halogens is 1. The number of hydrogen-bond donors (Lipinski definition) is 1. The van der Waals surface area contributed by atoms with Crippen LogP contribution in [0.4, 0.5) is 0 Å². The van der Waals surface area contributed by atoms with E-state index in [1.165, 1.54) is 0 Å². The lowest BCUT2D eigenvalue weighted by molar-refractivity contribution is 0.171. The number of rotatable bonds is 4. The van der Waals surface area contributed by atoms with E-state index in [9.17, 15) is 0 Å². The van der Waals surface area contributed by atoms with Gasteiger partial charge in [-0.1, -0.05) is 28.1 Å². The Labute approximate surface area is 144 Å². The van der Waals surface area contributed by atoms with E-state index >= 15 is 0 Å². The second kappa shape index (κ2) is 7.03. The van der Waals surface area contributed by atoms with Gasteiger partial charge in [0.05, 0.1) is 11.6 Å². The first kappa shape index (κ1) is 15.9. The number of fused-ring (bicyclic) bond motifs is 1. The van der Waals surface area contributed by atoms with Gasteiger partial charge in [0, 0.05) is 17.1 Å². The van der Waals surface area contributed by atoms with Gasteiger partial charge >= 0.3 is 0 Å². The molecule has 2 aromatic rings. The molecule has 0 saturated heterocycles. The molecule has 1 atom stereocenters. The molecular weight excluding hydrogens is 356 g/mol. The predicted molar refractivity (Wildman–Crippen MR) is 91.5 cm³/mol. The minimum absolute atomic E-state index is 0.131. The maximum Gasteiger partial charge on any atom is 0.162 e. The quantitative estimate of drug-likeness (QED) is 0.882. The van der Waals surface area contributed by atoms with E-state index < -0.39 is 0 Å². The molecule has 0 fully saturated rings. The van der Waals surface area contributed by atoms with Crippen LogP contribution in [0.5, 0.6) is 11.5 Å². The highest BCUT2D eigenvalue weighted by Gasteiger charge is 2.17. The molecule has 1 heterocycles. The van der Waals surface area contributed by atoms with Gasteiger partial charge in [0.1, 0.15) is 13.2 Å². The van der Waals surface area contributed by atoms with Crippen molar-refractivity contribution in [2.24, 2.45) is 0 Å². The first-order chi connectivity index (χ1) is 11.2. The van der Waals surface area contributed by atoms with Crippen molar-refractivity contribution in [3.8, 4) is 17.6 Å². The van der Waals surface area contributed by atoms with E-state index in [-0.39, 0.29) is 6.04 Å². The molecule has 1 aliphatic heterocycles. The largest absolute Gasteiger partial charge is 0.486 e. The van der Waals surface area contributed by atoms with Gasteiger partial charge in [-0.3, -0.25) is 0 Å². The Bertz CT molecular complexity index is 755. The van der Waals surface area contributed by atoms with E-state index in [0.717, 1.165) is 27.1 Å². The Morgan fingerprint density at radius 2 is 1.96 bits per heavy atom. The summed E-state index contributed by atoms with van der Waals surface area (Å²) in [5.41, 5.74) is 2.88. The molecule has 0 aromatic heterocycles. The van der Waals surface area contributed by atoms with Gasteiger partial charge in [0.25, 0.3) is 0 Å². The second-order valence-electron chi connectivity index (χ2n) is 5.43. The van der Waals surface area contributed by atoms with Crippen molar-refractivity contribution in [3.63, 3.8) is 0 Å². The van der Waals surface area contributed by atoms with Crippen LogP contribution in [-0.4, -0.2) is 13.2 Å². The number of hydrogen-bond acceptors (Lipinski definition) is 4. The minimum atomic E-state index is 0.131. The van der Waals surface area contributed by atoms with E-state index in [0.29, 0.717) is 25.3 Å². The summed E-state index contributed by atoms with van der Waals surface area (Å²) < 4.78 is 12.2. The van der Waals surface area contributed by atoms with Crippen molar-refractivity contribution in [1.29, 1.82) is 5.26 Å². The molecule has 5 heteroatoms. The molecule has 0 amide bonds. The fourth-order valence-corrected chi connectivity index (χ4v) is 3.21. The third-order valence-corrected chi connectivity index (χ3v) is 4.48. The fourth-order valence-electron chi connectivity index (χ4n) is 2.54. The lowest BCUT2D eigenvalue weighted by Gasteiger charge is -2.22. The standard InChI is InChI=1S/C18H17BrN2O2/c1-12(21-11-14-4-2-3-13(7-14)10-20)15-8-17-18(9-16(15)19)23-6-5-22-17/h2-4,7-9,12,21H,5-6,11H2,1H3. The number of ether oxygens (including phenoxy) is 2. The average Bonchev–Trinajstić information content (AvgIpc) is 2.59. The average molecular weight is 373 g/mol. The zero-order chi connectivity index (χ0) is 16.2. The Balaban J connectivity index is 1.73. The van der Waals surface area contributed by atoms with Gasteiger partial charge in [-0.15, -0.1) is 0 Å². The lowest BCUT2D eigenvalue weighted by Crippen LogP contribution is -2.20. The number of nitrogens with one attached hydrogen (secondary N) is 1. The summed E-state index contributed by atoms with van der Waals surface area (Å²) in [7, 11) is 0. The van der Waals surface area contributed by atoms with Gasteiger partial charge in [0.15, 0.2) is 11.5 Å². The van der Waals surface area contributed by atoms with Gasteiger partial charge in [-0.05, 0) is 42.3 Å². The van der Waals surface area contributed by atoms with Crippen LogP contribution in [0.3, 0.4) is 0 Å². The molecule has 0 aliphatic carbocycles. The van der Waals surface area contributed by atoms with Crippen LogP contribution in [0.15, 0.2) is 40.9 Å². The number of benzene rings is 2. The van der Waals surface area contributed by atoms with Crippen molar-refractivity contribution in [2.45, 2.75) is 19.5 Å². The summed E-state index contributed by atoms with van der Waals surface area (Å²) in [5.74, 6) is 1.57. The minimum Gasteiger partial charge on any atom is -0.486 e. The van der Waals surface area contributed by atoms with Crippen LogP contribution >= 0.6 is 15.9 Å². The molecule has 0 radical (unpaired) electrons. The molecule has 1 aliphatic rings. The zero-order valence-electron chi connectivity index (χ0n) is 12.8. The Morgan fingerprint density at radius 1 is 1.22 bits per heavy atom. The third-order valence-electron chi connectivity index (χ3n) is 3.80. The van der Waals surface area contributed by atoms with Crippen LogP contribution in [0.2, 0.25) is 0 Å². The van der Waals surface area contributed by atoms with Crippen molar-refractivity contribution < 1.29 is 9.47 Å². The summed E-state index contributed by atoms with van der Waals surface area (Å²) >= 11 is 3.61. The molecule has 0 saturated carbocycles. The topological polar surface area (TPSA) is 54.3 Å². The molecule has 23 heavy (non-hydrogen) atoms. The third kappa shape index (κ3) is 3.66. The lowest BCUT2D eigenvalue weighted by atomic mass is 10.1. The van der Waals surface area contributed by atoms with Crippen LogP contribution in [-0.2, 0) is 6.54 Å². The number of nitriles is 1. The second-order valence-corrected chi connectivity index (χ2v) is 6.29. The maximum atomic E-state index is 8.96. The van der Waals surface area contributed by atoms with Crippen molar-refractivity contribution in [3.05, 3.63) is 57.6 Å². The first-order valence-corrected chi connectivity index (χ1v) is 8.28. The number of nitrogens with zero attached hydrogens (tertiary/aromatic N) is 1. The zero-order valence-corrected chi connectivity index (χ0v) is 14.4. The SMILES string of the molecule is CC(NCc1cccc(C#N)c1)c1cc2c(cc1Br)OCCO2. The fraction of sp³-hybridized carbons (Fsp3) is 0.278. The van der Waals surface area contributed by atoms with Gasteiger partial charge in [-0.25, -0.2) is 0 Å². The highest BCUT2D eigenvalue weighted by molar-refractivity contribution is 9.10. The predicted octanol–water partition coefficient (Wildman–Crippen LogP) is 3.94. The molecule has 1 N–H and O–H groups in total. The molecule has 0 spiro atoms. The molecule has 118 valence electrons. The summed E-state index contributed by atoms with van der Waals surface area (Å²) in [5, 5.41) is 12.4. The molecular formula is C18H17BrN2O2. The first-order valence-electron chi connectivity index (χ1n) is 7.49. The monoisotopic (exact) mass is 372 g/mol. The Morgan fingerprint density at radius 3 is 2.70 bits per heavy atom.